The van der Waals surface area contributed by atoms with Crippen LogP contribution in [0.2, 0.25) is 0 Å². The molecule has 18 heavy (non-hydrogen) atoms. The summed E-state index contributed by atoms with van der Waals surface area (Å²) < 4.78 is 1.06. The van der Waals surface area contributed by atoms with E-state index in [1.165, 1.54) is 11.1 Å². The average Bonchev–Trinajstić information content (AvgIpc) is 2.39. The van der Waals surface area contributed by atoms with Gasteiger partial charge in [0.2, 0.25) is 0 Å². The molecule has 1 heterocycles. The second-order valence-electron chi connectivity index (χ2n) is 4.43. The van der Waals surface area contributed by atoms with E-state index in [0.717, 1.165) is 20.9 Å². The molecule has 88 valence electrons. The minimum atomic E-state index is 1.01. The van der Waals surface area contributed by atoms with Gasteiger partial charge in [0.05, 0.1) is 5.52 Å². The zero-order valence-electron chi connectivity index (χ0n) is 10.0. The molecule has 0 aliphatic heterocycles. The summed E-state index contributed by atoms with van der Waals surface area (Å²) >= 11 is 3.46. The fourth-order valence-electron chi connectivity index (χ4n) is 2.00. The maximum absolute atomic E-state index is 4.51. The Hall–Kier alpha value is -1.67. The Balaban J connectivity index is 2.13. The molecule has 1 nitrogen and oxygen atoms in total. The number of pyridine rings is 1. The Morgan fingerprint density at radius 3 is 2.44 bits per heavy atom. The first-order valence-electron chi connectivity index (χ1n) is 5.85. The van der Waals surface area contributed by atoms with Crippen LogP contribution >= 0.6 is 15.9 Å². The van der Waals surface area contributed by atoms with Gasteiger partial charge in [-0.25, -0.2) is 0 Å². The van der Waals surface area contributed by atoms with Crippen LogP contribution in [-0.4, -0.2) is 4.98 Å². The molecule has 3 aromatic rings. The van der Waals surface area contributed by atoms with Gasteiger partial charge in [0.15, 0.2) is 0 Å². The van der Waals surface area contributed by atoms with Gasteiger partial charge >= 0.3 is 0 Å². The number of halogens is 1. The van der Waals surface area contributed by atoms with E-state index in [2.05, 4.69) is 64.2 Å². The average molecular weight is 298 g/mol. The highest BCUT2D eigenvalue weighted by Crippen LogP contribution is 2.24. The fourth-order valence-corrected chi connectivity index (χ4v) is 2.35. The van der Waals surface area contributed by atoms with Gasteiger partial charge in [-0.15, -0.1) is 0 Å². The van der Waals surface area contributed by atoms with Gasteiger partial charge in [0.25, 0.3) is 0 Å². The highest BCUT2D eigenvalue weighted by atomic mass is 79.9. The van der Waals surface area contributed by atoms with Crippen LogP contribution in [0.25, 0.3) is 22.0 Å². The zero-order valence-corrected chi connectivity index (χ0v) is 11.6. The lowest BCUT2D eigenvalue weighted by molar-refractivity contribution is 1.40. The molecular weight excluding hydrogens is 286 g/mol. The van der Waals surface area contributed by atoms with Crippen LogP contribution in [0.4, 0.5) is 0 Å². The first kappa shape index (κ1) is 11.4. The molecular formula is C16H12BrN. The van der Waals surface area contributed by atoms with Crippen molar-refractivity contribution < 1.29 is 0 Å². The molecule has 0 amide bonds. The van der Waals surface area contributed by atoms with E-state index in [0.29, 0.717) is 0 Å². The van der Waals surface area contributed by atoms with Crippen molar-refractivity contribution in [3.8, 4) is 11.1 Å². The van der Waals surface area contributed by atoms with Crippen LogP contribution < -0.4 is 0 Å². The summed E-state index contributed by atoms with van der Waals surface area (Å²) in [6, 6.07) is 16.9. The van der Waals surface area contributed by atoms with Crippen LogP contribution in [0.5, 0.6) is 0 Å². The lowest BCUT2D eigenvalue weighted by Crippen LogP contribution is -1.83. The van der Waals surface area contributed by atoms with Crippen LogP contribution in [-0.2, 0) is 0 Å². The third kappa shape index (κ3) is 2.16. The molecule has 0 N–H and O–H groups in total. The monoisotopic (exact) mass is 297 g/mol. The summed E-state index contributed by atoms with van der Waals surface area (Å²) in [5, 5.41) is 1.16. The maximum Gasteiger partial charge on any atom is 0.0713 e. The Kier molecular flexibility index (Phi) is 2.88. The molecule has 0 aliphatic carbocycles. The Morgan fingerprint density at radius 2 is 1.67 bits per heavy atom. The normalized spacial score (nSPS) is 10.8. The Morgan fingerprint density at radius 1 is 0.889 bits per heavy atom. The van der Waals surface area contributed by atoms with Crippen molar-refractivity contribution >= 4 is 26.8 Å². The van der Waals surface area contributed by atoms with Crippen LogP contribution in [0, 0.1) is 6.92 Å². The van der Waals surface area contributed by atoms with E-state index in [1.807, 2.05) is 18.3 Å². The largest absolute Gasteiger partial charge is 0.256 e. The number of aromatic nitrogens is 1. The van der Waals surface area contributed by atoms with Crippen molar-refractivity contribution in [1.29, 1.82) is 0 Å². The topological polar surface area (TPSA) is 12.9 Å². The molecule has 1 aromatic heterocycles. The van der Waals surface area contributed by atoms with Gasteiger partial charge in [-0.1, -0.05) is 51.8 Å². The molecule has 2 aromatic carbocycles. The number of hydrogen-bond acceptors (Lipinski definition) is 1. The van der Waals surface area contributed by atoms with E-state index in [1.54, 1.807) is 0 Å². The predicted octanol–water partition coefficient (Wildman–Crippen LogP) is 4.97. The van der Waals surface area contributed by atoms with Crippen molar-refractivity contribution in [3.63, 3.8) is 0 Å². The Bertz CT molecular complexity index is 702. The van der Waals surface area contributed by atoms with Crippen molar-refractivity contribution in [3.05, 3.63) is 64.8 Å². The lowest BCUT2D eigenvalue weighted by Gasteiger charge is -2.04. The smallest absolute Gasteiger partial charge is 0.0713 e. The summed E-state index contributed by atoms with van der Waals surface area (Å²) in [5.41, 5.74) is 4.65. The molecule has 0 saturated heterocycles. The molecule has 3 rings (SSSR count). The summed E-state index contributed by atoms with van der Waals surface area (Å²) in [4.78, 5) is 4.51. The first-order chi connectivity index (χ1) is 8.72. The number of benzene rings is 2. The number of fused-ring (bicyclic) bond motifs is 1. The summed E-state index contributed by atoms with van der Waals surface area (Å²) in [6.07, 6.45) is 1.93. The molecule has 0 aliphatic rings. The molecule has 0 fully saturated rings. The van der Waals surface area contributed by atoms with Crippen LogP contribution in [0.15, 0.2) is 59.2 Å². The lowest BCUT2D eigenvalue weighted by atomic mass is 10.0. The van der Waals surface area contributed by atoms with E-state index < -0.39 is 0 Å². The maximum atomic E-state index is 4.51. The Labute approximate surface area is 115 Å². The van der Waals surface area contributed by atoms with Crippen molar-refractivity contribution in [2.75, 3.05) is 0 Å². The van der Waals surface area contributed by atoms with Crippen molar-refractivity contribution in [2.24, 2.45) is 0 Å². The summed E-state index contributed by atoms with van der Waals surface area (Å²) in [5.74, 6) is 0. The molecule has 0 unspecified atom stereocenters. The van der Waals surface area contributed by atoms with E-state index in [4.69, 9.17) is 0 Å². The quantitative estimate of drug-likeness (QED) is 0.618. The molecule has 0 spiro atoms. The molecule has 2 heteroatoms. The van der Waals surface area contributed by atoms with Crippen LogP contribution in [0.3, 0.4) is 0 Å². The van der Waals surface area contributed by atoms with E-state index >= 15 is 0 Å². The number of rotatable bonds is 1. The first-order valence-corrected chi connectivity index (χ1v) is 6.64. The summed E-state index contributed by atoms with van der Waals surface area (Å²) in [6.45, 7) is 2.10. The second-order valence-corrected chi connectivity index (χ2v) is 5.34. The van der Waals surface area contributed by atoms with Gasteiger partial charge in [-0.05, 0) is 30.7 Å². The second kappa shape index (κ2) is 4.54. The highest BCUT2D eigenvalue weighted by Gasteiger charge is 2.01. The van der Waals surface area contributed by atoms with Gasteiger partial charge in [0, 0.05) is 21.6 Å². The van der Waals surface area contributed by atoms with Crippen molar-refractivity contribution in [1.82, 2.24) is 4.98 Å². The third-order valence-corrected chi connectivity index (χ3v) is 3.52. The number of nitrogens with zero attached hydrogens (tertiary/aromatic N) is 1. The van der Waals surface area contributed by atoms with Gasteiger partial charge in [-0.2, -0.15) is 0 Å². The van der Waals surface area contributed by atoms with Gasteiger partial charge in [-0.3, -0.25) is 4.98 Å². The fraction of sp³-hybridized carbons (Fsp3) is 0.0625. The van der Waals surface area contributed by atoms with Crippen molar-refractivity contribution in [2.45, 2.75) is 6.92 Å². The van der Waals surface area contributed by atoms with Gasteiger partial charge < -0.3 is 0 Å². The van der Waals surface area contributed by atoms with E-state index in [-0.39, 0.29) is 0 Å². The van der Waals surface area contributed by atoms with Gasteiger partial charge in [0.1, 0.15) is 0 Å². The molecule has 0 atom stereocenters. The molecule has 0 radical (unpaired) electrons. The highest BCUT2D eigenvalue weighted by molar-refractivity contribution is 9.10. The summed E-state index contributed by atoms with van der Waals surface area (Å²) in [7, 11) is 0. The standard InChI is InChI=1S/C16H12BrN/c1-11-2-4-12(5-3-11)14-8-13-6-7-15(17)9-16(13)18-10-14/h2-10H,1H3. The SMILES string of the molecule is Cc1ccc(-c2cnc3cc(Br)ccc3c2)cc1. The van der Waals surface area contributed by atoms with Crippen LogP contribution in [0.1, 0.15) is 5.56 Å². The third-order valence-electron chi connectivity index (χ3n) is 3.03. The minimum Gasteiger partial charge on any atom is -0.256 e. The van der Waals surface area contributed by atoms with E-state index in [9.17, 15) is 0 Å². The molecule has 0 bridgehead atoms. The predicted molar refractivity (Wildman–Crippen MR) is 79.6 cm³/mol. The molecule has 0 saturated carbocycles. The zero-order chi connectivity index (χ0) is 12.5. The minimum absolute atomic E-state index is 1.01. The number of aryl methyl sites for hydroxylation is 1. The number of hydrogen-bond donors (Lipinski definition) is 0.